The molecule has 11 heteroatoms. The molecule has 0 saturated heterocycles. The molecule has 0 saturated carbocycles. The van der Waals surface area contributed by atoms with Crippen LogP contribution >= 0.6 is 0 Å². The molecule has 0 bridgehead atoms. The van der Waals surface area contributed by atoms with Crippen molar-refractivity contribution in [2.24, 2.45) is 5.41 Å². The molecule has 0 aliphatic carbocycles. The Kier molecular flexibility index (Phi) is 5.65. The Morgan fingerprint density at radius 1 is 1.22 bits per heavy atom. The van der Waals surface area contributed by atoms with Crippen molar-refractivity contribution in [1.29, 1.82) is 0 Å². The van der Waals surface area contributed by atoms with E-state index in [2.05, 4.69) is 9.78 Å². The lowest BCUT2D eigenvalue weighted by atomic mass is 9.98. The van der Waals surface area contributed by atoms with Gasteiger partial charge in [-0.2, -0.15) is 13.3 Å². The van der Waals surface area contributed by atoms with Crippen LogP contribution in [0.4, 0.5) is 3.89 Å². The predicted octanol–water partition coefficient (Wildman–Crippen LogP) is -0.359. The highest BCUT2D eigenvalue weighted by molar-refractivity contribution is 8.02. The summed E-state index contributed by atoms with van der Waals surface area (Å²) < 4.78 is 54.8. The van der Waals surface area contributed by atoms with Crippen molar-refractivity contribution in [3.8, 4) is 0 Å². The molecule has 0 amide bonds. The second-order valence-electron chi connectivity index (χ2n) is 4.28. The van der Waals surface area contributed by atoms with Crippen LogP contribution in [0.25, 0.3) is 0 Å². The maximum atomic E-state index is 12.0. The molecule has 0 atom stereocenters. The minimum atomic E-state index is -5.36. The van der Waals surface area contributed by atoms with E-state index in [1.54, 1.807) is 20.8 Å². The SMILES string of the molecule is CC(C)(C)C(=O)OOCCS(=O)(=O)NS(=O)(=O)F. The van der Waals surface area contributed by atoms with Gasteiger partial charge in [-0.1, -0.05) is 8.01 Å². The molecule has 0 radical (unpaired) electrons. The van der Waals surface area contributed by atoms with E-state index in [1.165, 1.54) is 0 Å². The Hall–Kier alpha value is -0.780. The predicted molar refractivity (Wildman–Crippen MR) is 58.4 cm³/mol. The Labute approximate surface area is 105 Å². The number of carbonyl (C=O) groups excluding carboxylic acids is 1. The molecule has 0 aromatic heterocycles. The van der Waals surface area contributed by atoms with E-state index in [4.69, 9.17) is 0 Å². The van der Waals surface area contributed by atoms with Crippen LogP contribution in [0.2, 0.25) is 0 Å². The molecule has 0 aliphatic rings. The summed E-state index contributed by atoms with van der Waals surface area (Å²) in [6.07, 6.45) is 0. The average molecular weight is 307 g/mol. The summed E-state index contributed by atoms with van der Waals surface area (Å²) in [7, 11) is -9.76. The number of rotatable bonds is 6. The smallest absolute Gasteiger partial charge is 0.298 e. The monoisotopic (exact) mass is 307 g/mol. The van der Waals surface area contributed by atoms with E-state index in [0.717, 1.165) is 4.13 Å². The normalized spacial score (nSPS) is 13.3. The molecule has 8 nitrogen and oxygen atoms in total. The van der Waals surface area contributed by atoms with Crippen LogP contribution in [0.5, 0.6) is 0 Å². The zero-order valence-corrected chi connectivity index (χ0v) is 11.6. The first-order valence-electron chi connectivity index (χ1n) is 4.63. The number of carbonyl (C=O) groups is 1. The number of hydrogen-bond acceptors (Lipinski definition) is 7. The standard InChI is InChI=1S/C7H14FNO7S2/c1-7(2,3)6(10)16-15-4-5-17(11,12)9-18(8,13)14/h9H,4-5H2,1-3H3. The maximum Gasteiger partial charge on any atom is 0.385 e. The van der Waals surface area contributed by atoms with Gasteiger partial charge in [0.15, 0.2) is 0 Å². The highest BCUT2D eigenvalue weighted by Gasteiger charge is 2.25. The number of hydrogen-bond donors (Lipinski definition) is 1. The van der Waals surface area contributed by atoms with E-state index in [-0.39, 0.29) is 0 Å². The lowest BCUT2D eigenvalue weighted by Crippen LogP contribution is -2.32. The Balaban J connectivity index is 4.11. The molecule has 0 rings (SSSR count). The highest BCUT2D eigenvalue weighted by atomic mass is 32.3. The van der Waals surface area contributed by atoms with Crippen LogP contribution in [-0.2, 0) is 35.0 Å². The number of nitrogens with one attached hydrogen (secondary N) is 1. The van der Waals surface area contributed by atoms with Crippen molar-refractivity contribution in [2.75, 3.05) is 12.4 Å². The van der Waals surface area contributed by atoms with E-state index in [0.29, 0.717) is 0 Å². The molecule has 108 valence electrons. The molecule has 0 aliphatic heterocycles. The van der Waals surface area contributed by atoms with Crippen molar-refractivity contribution in [1.82, 2.24) is 4.13 Å². The summed E-state index contributed by atoms with van der Waals surface area (Å²) >= 11 is 0. The van der Waals surface area contributed by atoms with Crippen LogP contribution < -0.4 is 4.13 Å². The van der Waals surface area contributed by atoms with Gasteiger partial charge in [-0.05, 0) is 20.8 Å². The van der Waals surface area contributed by atoms with Gasteiger partial charge in [0.2, 0.25) is 10.0 Å². The van der Waals surface area contributed by atoms with E-state index >= 15 is 0 Å². The van der Waals surface area contributed by atoms with Gasteiger partial charge in [-0.25, -0.2) is 13.2 Å². The van der Waals surface area contributed by atoms with Crippen LogP contribution in [0, 0.1) is 5.41 Å². The zero-order valence-electron chi connectivity index (χ0n) is 9.97. The molecule has 0 heterocycles. The third-order valence-electron chi connectivity index (χ3n) is 1.41. The lowest BCUT2D eigenvalue weighted by Gasteiger charge is -2.14. The van der Waals surface area contributed by atoms with Gasteiger partial charge in [0, 0.05) is 0 Å². The van der Waals surface area contributed by atoms with Gasteiger partial charge < -0.3 is 0 Å². The fourth-order valence-electron chi connectivity index (χ4n) is 0.557. The second kappa shape index (κ2) is 5.91. The van der Waals surface area contributed by atoms with Gasteiger partial charge in [-0.3, -0.25) is 4.89 Å². The van der Waals surface area contributed by atoms with E-state index < -0.39 is 44.2 Å². The van der Waals surface area contributed by atoms with Crippen molar-refractivity contribution < 1.29 is 35.3 Å². The van der Waals surface area contributed by atoms with Crippen molar-refractivity contribution in [2.45, 2.75) is 20.8 Å². The Bertz CT molecular complexity index is 490. The second-order valence-corrected chi connectivity index (χ2v) is 7.46. The van der Waals surface area contributed by atoms with E-state index in [1.807, 2.05) is 0 Å². The summed E-state index contributed by atoms with van der Waals surface area (Å²) in [6, 6.07) is 0. The van der Waals surface area contributed by atoms with Crippen LogP contribution in [-0.4, -0.2) is 35.2 Å². The summed E-state index contributed by atoms with van der Waals surface area (Å²) in [4.78, 5) is 19.7. The summed E-state index contributed by atoms with van der Waals surface area (Å²) in [5, 5.41) is 0. The van der Waals surface area contributed by atoms with Crippen molar-refractivity contribution in [3.63, 3.8) is 0 Å². The van der Waals surface area contributed by atoms with Gasteiger partial charge >= 0.3 is 16.4 Å². The third-order valence-corrected chi connectivity index (χ3v) is 3.93. The number of halogens is 1. The van der Waals surface area contributed by atoms with Crippen LogP contribution in [0.3, 0.4) is 0 Å². The summed E-state index contributed by atoms with van der Waals surface area (Å²) in [6.45, 7) is 4.01. The van der Waals surface area contributed by atoms with Crippen LogP contribution in [0.1, 0.15) is 20.8 Å². The largest absolute Gasteiger partial charge is 0.385 e. The molecule has 1 N–H and O–H groups in total. The quantitative estimate of drug-likeness (QED) is 0.308. The Morgan fingerprint density at radius 3 is 2.11 bits per heavy atom. The minimum Gasteiger partial charge on any atom is -0.298 e. The van der Waals surface area contributed by atoms with Crippen molar-refractivity contribution in [3.05, 3.63) is 0 Å². The first kappa shape index (κ1) is 17.2. The average Bonchev–Trinajstić information content (AvgIpc) is 2.06. The maximum absolute atomic E-state index is 12.0. The first-order valence-corrected chi connectivity index (χ1v) is 7.67. The fourth-order valence-corrected chi connectivity index (χ4v) is 2.39. The molecule has 0 fully saturated rings. The molecular formula is C7H14FNO7S2. The third kappa shape index (κ3) is 8.33. The summed E-state index contributed by atoms with van der Waals surface area (Å²) in [5.74, 6) is -1.61. The van der Waals surface area contributed by atoms with Gasteiger partial charge in [0.25, 0.3) is 0 Å². The Morgan fingerprint density at radius 2 is 1.72 bits per heavy atom. The van der Waals surface area contributed by atoms with Crippen molar-refractivity contribution >= 4 is 26.4 Å². The minimum absolute atomic E-state index is 0.632. The molecule has 18 heavy (non-hydrogen) atoms. The molecule has 0 unspecified atom stereocenters. The lowest BCUT2D eigenvalue weighted by molar-refractivity contribution is -0.276. The molecule has 0 aromatic rings. The zero-order chi connectivity index (χ0) is 14.6. The van der Waals surface area contributed by atoms with Gasteiger partial charge in [0.1, 0.15) is 6.61 Å². The van der Waals surface area contributed by atoms with Gasteiger partial charge in [0.05, 0.1) is 11.2 Å². The van der Waals surface area contributed by atoms with Gasteiger partial charge in [-0.15, -0.1) is 0 Å². The number of sulfonamides is 1. The van der Waals surface area contributed by atoms with Crippen LogP contribution in [0.15, 0.2) is 0 Å². The molecular weight excluding hydrogens is 293 g/mol. The molecule has 0 aromatic carbocycles. The van der Waals surface area contributed by atoms with E-state index in [9.17, 15) is 25.5 Å². The highest BCUT2D eigenvalue weighted by Crippen LogP contribution is 2.14. The summed E-state index contributed by atoms with van der Waals surface area (Å²) in [5.41, 5.74) is -0.834. The molecule has 0 spiro atoms. The fraction of sp³-hybridized carbons (Fsp3) is 0.857. The first-order chi connectivity index (χ1) is 7.83. The topological polar surface area (TPSA) is 116 Å².